The first-order chi connectivity index (χ1) is 16.8. The summed E-state index contributed by atoms with van der Waals surface area (Å²) in [6, 6.07) is 11.3. The number of non-ortho nitro benzene ring substituents is 1. The Hall–Kier alpha value is -2.08. The highest BCUT2D eigenvalue weighted by molar-refractivity contribution is 7.89. The molecule has 9 nitrogen and oxygen atoms in total. The SMILES string of the molecule is CC1(C)CCCC(C)(C)N1OC[C@@H]1C[C@H](c2ccc(Cl)cc2)ON1S(=O)(=O)c1ccc([N+](=O)[O-])cc1. The number of halogens is 1. The predicted octanol–water partition coefficient (Wildman–Crippen LogP) is 5.66. The van der Waals surface area contributed by atoms with Crippen molar-refractivity contribution in [2.45, 2.75) is 81.5 Å². The summed E-state index contributed by atoms with van der Waals surface area (Å²) < 4.78 is 28.2. The Kier molecular flexibility index (Phi) is 7.49. The van der Waals surface area contributed by atoms with E-state index in [0.717, 1.165) is 29.3 Å². The van der Waals surface area contributed by atoms with Crippen molar-refractivity contribution in [3.05, 3.63) is 69.2 Å². The standard InChI is InChI=1S/C25H32ClN3O6S/c1-24(2)14-5-15-25(3,4)29(24)34-17-21-16-23(18-6-8-19(26)9-7-18)35-28(21)36(32,33)22-12-10-20(11-13-22)27(30)31/h6-13,21,23H,5,14-17H2,1-4H3/t21-,23+/m0/s1. The molecule has 0 saturated carbocycles. The van der Waals surface area contributed by atoms with Crippen LogP contribution in [0, 0.1) is 10.1 Å². The molecule has 0 radical (unpaired) electrons. The molecule has 2 saturated heterocycles. The van der Waals surface area contributed by atoms with E-state index in [1.54, 1.807) is 12.1 Å². The van der Waals surface area contributed by atoms with Crippen LogP contribution < -0.4 is 0 Å². The van der Waals surface area contributed by atoms with Crippen molar-refractivity contribution in [2.24, 2.45) is 0 Å². The molecule has 2 aromatic rings. The molecule has 2 aliphatic heterocycles. The normalized spacial score (nSPS) is 24.6. The molecule has 0 aromatic heterocycles. The molecular weight excluding hydrogens is 506 g/mol. The lowest BCUT2D eigenvalue weighted by molar-refractivity contribution is -0.384. The van der Waals surface area contributed by atoms with Crippen molar-refractivity contribution >= 4 is 27.3 Å². The number of sulfonamides is 1. The second kappa shape index (κ2) is 10.00. The number of nitro benzene ring substituents is 1. The van der Waals surface area contributed by atoms with Gasteiger partial charge in [0, 0.05) is 34.7 Å². The van der Waals surface area contributed by atoms with Crippen LogP contribution in [0.2, 0.25) is 5.02 Å². The fourth-order valence-corrected chi connectivity index (χ4v) is 6.74. The van der Waals surface area contributed by atoms with E-state index in [9.17, 15) is 18.5 Å². The first-order valence-electron chi connectivity index (χ1n) is 12.0. The van der Waals surface area contributed by atoms with Gasteiger partial charge in [0.2, 0.25) is 0 Å². The van der Waals surface area contributed by atoms with Gasteiger partial charge in [0.15, 0.2) is 0 Å². The topological polar surface area (TPSA) is 102 Å². The Morgan fingerprint density at radius 2 is 1.64 bits per heavy atom. The zero-order chi connectivity index (χ0) is 26.3. The Balaban J connectivity index is 1.62. The van der Waals surface area contributed by atoms with E-state index in [2.05, 4.69) is 27.7 Å². The maximum Gasteiger partial charge on any atom is 0.269 e. The molecule has 2 heterocycles. The van der Waals surface area contributed by atoms with Crippen molar-refractivity contribution in [1.82, 2.24) is 9.53 Å². The maximum atomic E-state index is 13.6. The molecule has 2 aliphatic rings. The van der Waals surface area contributed by atoms with E-state index in [0.29, 0.717) is 11.4 Å². The molecule has 0 N–H and O–H groups in total. The predicted molar refractivity (Wildman–Crippen MR) is 136 cm³/mol. The summed E-state index contributed by atoms with van der Waals surface area (Å²) in [5, 5.41) is 13.6. The fraction of sp³-hybridized carbons (Fsp3) is 0.520. The van der Waals surface area contributed by atoms with E-state index >= 15 is 0 Å². The summed E-state index contributed by atoms with van der Waals surface area (Å²) in [5.41, 5.74) is 0.187. The molecule has 0 aliphatic carbocycles. The van der Waals surface area contributed by atoms with Gasteiger partial charge in [-0.25, -0.2) is 8.42 Å². The highest BCUT2D eigenvalue weighted by atomic mass is 35.5. The van der Waals surface area contributed by atoms with Crippen molar-refractivity contribution < 1.29 is 23.0 Å². The van der Waals surface area contributed by atoms with Crippen LogP contribution in [0.1, 0.15) is 65.0 Å². The van der Waals surface area contributed by atoms with Gasteiger partial charge in [-0.1, -0.05) is 28.2 Å². The summed E-state index contributed by atoms with van der Waals surface area (Å²) in [6.07, 6.45) is 2.88. The Bertz CT molecular complexity index is 1190. The second-order valence-corrected chi connectivity index (χ2v) is 12.8. The summed E-state index contributed by atoms with van der Waals surface area (Å²) >= 11 is 6.03. The molecule has 36 heavy (non-hydrogen) atoms. The van der Waals surface area contributed by atoms with E-state index in [4.69, 9.17) is 21.3 Å². The Morgan fingerprint density at radius 1 is 1.06 bits per heavy atom. The quantitative estimate of drug-likeness (QED) is 0.331. The lowest BCUT2D eigenvalue weighted by Gasteiger charge is -2.51. The number of hydrogen-bond acceptors (Lipinski definition) is 7. The summed E-state index contributed by atoms with van der Waals surface area (Å²) in [6.45, 7) is 8.60. The van der Waals surface area contributed by atoms with Gasteiger partial charge in [-0.3, -0.25) is 19.8 Å². The Labute approximate surface area is 217 Å². The number of benzene rings is 2. The van der Waals surface area contributed by atoms with E-state index in [1.165, 1.54) is 24.3 Å². The third-order valence-electron chi connectivity index (χ3n) is 6.91. The minimum Gasteiger partial charge on any atom is -0.296 e. The zero-order valence-corrected chi connectivity index (χ0v) is 22.5. The molecule has 0 unspecified atom stereocenters. The average molecular weight is 538 g/mol. The smallest absolute Gasteiger partial charge is 0.269 e. The van der Waals surface area contributed by atoms with Crippen molar-refractivity contribution in [1.29, 1.82) is 0 Å². The van der Waals surface area contributed by atoms with E-state index < -0.39 is 27.1 Å². The lowest BCUT2D eigenvalue weighted by Crippen LogP contribution is -2.59. The molecule has 196 valence electrons. The summed E-state index contributed by atoms with van der Waals surface area (Å²) in [4.78, 5) is 22.7. The van der Waals surface area contributed by atoms with E-state index in [1.807, 2.05) is 17.2 Å². The second-order valence-electron chi connectivity index (χ2n) is 10.6. The van der Waals surface area contributed by atoms with Gasteiger partial charge in [0.05, 0.1) is 22.5 Å². The molecule has 0 bridgehead atoms. The maximum absolute atomic E-state index is 13.6. The first-order valence-corrected chi connectivity index (χ1v) is 13.8. The first kappa shape index (κ1) is 27.0. The van der Waals surface area contributed by atoms with Crippen LogP contribution in [0.5, 0.6) is 0 Å². The molecule has 0 amide bonds. The van der Waals surface area contributed by atoms with Crippen LogP contribution in [0.3, 0.4) is 0 Å². The van der Waals surface area contributed by atoms with Crippen LogP contribution in [0.4, 0.5) is 5.69 Å². The zero-order valence-electron chi connectivity index (χ0n) is 20.9. The fourth-order valence-electron chi connectivity index (χ4n) is 5.17. The van der Waals surface area contributed by atoms with Gasteiger partial charge in [-0.2, -0.15) is 5.06 Å². The van der Waals surface area contributed by atoms with Crippen molar-refractivity contribution in [2.75, 3.05) is 6.61 Å². The number of nitro groups is 1. The third-order valence-corrected chi connectivity index (χ3v) is 8.89. The number of hydrogen-bond donors (Lipinski definition) is 0. The molecule has 2 aromatic carbocycles. The summed E-state index contributed by atoms with van der Waals surface area (Å²) in [5.74, 6) is 0. The molecule has 11 heteroatoms. The molecule has 2 atom stereocenters. The molecule has 0 spiro atoms. The summed E-state index contributed by atoms with van der Waals surface area (Å²) in [7, 11) is -4.13. The van der Waals surface area contributed by atoms with Gasteiger partial charge in [-0.05, 0) is 76.8 Å². The van der Waals surface area contributed by atoms with Crippen LogP contribution >= 0.6 is 11.6 Å². The van der Waals surface area contributed by atoms with Crippen LogP contribution in [-0.4, -0.2) is 46.6 Å². The van der Waals surface area contributed by atoms with Gasteiger partial charge in [0.25, 0.3) is 15.7 Å². The number of piperidine rings is 1. The third kappa shape index (κ3) is 5.44. The van der Waals surface area contributed by atoms with E-state index in [-0.39, 0.29) is 28.3 Å². The molecule has 2 fully saturated rings. The van der Waals surface area contributed by atoms with Crippen LogP contribution in [0.25, 0.3) is 0 Å². The molecule has 4 rings (SSSR count). The highest BCUT2D eigenvalue weighted by Crippen LogP contribution is 2.41. The number of hydroxylamine groups is 3. The lowest BCUT2D eigenvalue weighted by atomic mass is 9.82. The number of rotatable bonds is 7. The molecular formula is C25H32ClN3O6S. The van der Waals surface area contributed by atoms with Gasteiger partial charge >= 0.3 is 0 Å². The number of nitrogens with zero attached hydrogens (tertiary/aromatic N) is 3. The monoisotopic (exact) mass is 537 g/mol. The van der Waals surface area contributed by atoms with Crippen LogP contribution in [-0.2, 0) is 19.7 Å². The minimum absolute atomic E-state index is 0.0894. The van der Waals surface area contributed by atoms with Gasteiger partial charge in [-0.15, -0.1) is 0 Å². The Morgan fingerprint density at radius 3 is 2.19 bits per heavy atom. The van der Waals surface area contributed by atoms with Gasteiger partial charge < -0.3 is 0 Å². The largest absolute Gasteiger partial charge is 0.296 e. The average Bonchev–Trinajstić information content (AvgIpc) is 3.23. The van der Waals surface area contributed by atoms with Crippen molar-refractivity contribution in [3.8, 4) is 0 Å². The van der Waals surface area contributed by atoms with Gasteiger partial charge in [0.1, 0.15) is 6.10 Å². The minimum atomic E-state index is -4.13. The highest BCUT2D eigenvalue weighted by Gasteiger charge is 2.46. The van der Waals surface area contributed by atoms with Crippen molar-refractivity contribution in [3.63, 3.8) is 0 Å². The van der Waals surface area contributed by atoms with Crippen LogP contribution in [0.15, 0.2) is 53.4 Å².